The Morgan fingerprint density at radius 3 is 3.00 bits per heavy atom. The molecule has 2 amide bonds. The second-order valence-electron chi connectivity index (χ2n) is 3.66. The number of aromatic nitrogens is 4. The monoisotopic (exact) mass is 224 g/mol. The number of tetrazole rings is 1. The van der Waals surface area contributed by atoms with Crippen molar-refractivity contribution < 1.29 is 9.59 Å². The summed E-state index contributed by atoms with van der Waals surface area (Å²) in [6.45, 7) is 1.75. The van der Waals surface area contributed by atoms with Crippen molar-refractivity contribution in [1.82, 2.24) is 31.3 Å². The van der Waals surface area contributed by atoms with E-state index in [-0.39, 0.29) is 17.9 Å². The summed E-state index contributed by atoms with van der Waals surface area (Å²) in [5.74, 6) is 0.105. The molecule has 1 saturated heterocycles. The lowest BCUT2D eigenvalue weighted by Crippen LogP contribution is -2.42. The molecule has 1 unspecified atom stereocenters. The highest BCUT2D eigenvalue weighted by Crippen LogP contribution is 2.09. The third kappa shape index (κ3) is 2.15. The summed E-state index contributed by atoms with van der Waals surface area (Å²) in [7, 11) is 0. The van der Waals surface area contributed by atoms with Gasteiger partial charge in [-0.15, -0.1) is 10.2 Å². The van der Waals surface area contributed by atoms with E-state index >= 15 is 0 Å². The Balaban J connectivity index is 1.90. The molecule has 0 bridgehead atoms. The number of aromatic amines is 1. The van der Waals surface area contributed by atoms with E-state index in [2.05, 4.69) is 31.3 Å². The topological polar surface area (TPSA) is 113 Å². The molecule has 1 fully saturated rings. The minimum atomic E-state index is -0.443. The Bertz CT molecular complexity index is 389. The van der Waals surface area contributed by atoms with Gasteiger partial charge >= 0.3 is 0 Å². The predicted octanol–water partition coefficient (Wildman–Crippen LogP) is -1.34. The highest BCUT2D eigenvalue weighted by Gasteiger charge is 2.28. The lowest BCUT2D eigenvalue weighted by Gasteiger charge is -2.14. The molecule has 86 valence electrons. The Hall–Kier alpha value is -1.99. The first-order chi connectivity index (χ1) is 7.66. The zero-order chi connectivity index (χ0) is 11.5. The van der Waals surface area contributed by atoms with Crippen molar-refractivity contribution in [2.24, 2.45) is 0 Å². The van der Waals surface area contributed by atoms with E-state index in [0.717, 1.165) is 0 Å². The molecule has 1 aromatic heterocycles. The van der Waals surface area contributed by atoms with Crippen molar-refractivity contribution in [3.05, 3.63) is 5.82 Å². The van der Waals surface area contributed by atoms with Gasteiger partial charge in [0.15, 0.2) is 5.82 Å². The minimum Gasteiger partial charge on any atom is -0.344 e. The smallest absolute Gasteiger partial charge is 0.243 e. The van der Waals surface area contributed by atoms with Gasteiger partial charge in [-0.05, 0) is 13.3 Å². The third-order valence-electron chi connectivity index (χ3n) is 2.42. The van der Waals surface area contributed by atoms with Crippen LogP contribution in [-0.2, 0) is 9.59 Å². The van der Waals surface area contributed by atoms with Crippen LogP contribution < -0.4 is 10.6 Å². The van der Waals surface area contributed by atoms with Gasteiger partial charge in [0.2, 0.25) is 11.8 Å². The van der Waals surface area contributed by atoms with E-state index < -0.39 is 6.04 Å². The molecular formula is C8H12N6O2. The van der Waals surface area contributed by atoms with Crippen LogP contribution in [0.15, 0.2) is 0 Å². The van der Waals surface area contributed by atoms with Gasteiger partial charge in [-0.25, -0.2) is 0 Å². The number of hydrogen-bond donors (Lipinski definition) is 3. The van der Waals surface area contributed by atoms with E-state index in [0.29, 0.717) is 18.7 Å². The number of amides is 2. The molecule has 3 N–H and O–H groups in total. The Kier molecular flexibility index (Phi) is 2.80. The zero-order valence-corrected chi connectivity index (χ0v) is 8.73. The van der Waals surface area contributed by atoms with E-state index in [1.165, 1.54) is 0 Å². The number of hydrogen-bond acceptors (Lipinski definition) is 5. The number of carbonyl (C=O) groups excluding carboxylic acids is 2. The molecule has 2 rings (SSSR count). The van der Waals surface area contributed by atoms with Crippen molar-refractivity contribution in [3.8, 4) is 0 Å². The molecule has 2 atom stereocenters. The number of nitrogens with one attached hydrogen (secondary N) is 3. The predicted molar refractivity (Wildman–Crippen MR) is 51.9 cm³/mol. The van der Waals surface area contributed by atoms with Crippen molar-refractivity contribution in [2.75, 3.05) is 0 Å². The number of H-pyrrole nitrogens is 1. The van der Waals surface area contributed by atoms with Gasteiger partial charge < -0.3 is 10.6 Å². The molecule has 2 heterocycles. The largest absolute Gasteiger partial charge is 0.344 e. The lowest BCUT2D eigenvalue weighted by molar-refractivity contribution is -0.126. The van der Waals surface area contributed by atoms with Gasteiger partial charge in [0, 0.05) is 6.42 Å². The van der Waals surface area contributed by atoms with Crippen LogP contribution in [0, 0.1) is 0 Å². The third-order valence-corrected chi connectivity index (χ3v) is 2.42. The fraction of sp³-hybridized carbons (Fsp3) is 0.625. The van der Waals surface area contributed by atoms with Gasteiger partial charge in [-0.2, -0.15) is 5.21 Å². The van der Waals surface area contributed by atoms with Crippen LogP contribution in [-0.4, -0.2) is 38.5 Å². The molecular weight excluding hydrogens is 212 g/mol. The molecule has 1 aromatic rings. The zero-order valence-electron chi connectivity index (χ0n) is 8.73. The van der Waals surface area contributed by atoms with Gasteiger partial charge in [0.25, 0.3) is 0 Å². The molecule has 1 aliphatic heterocycles. The summed E-state index contributed by atoms with van der Waals surface area (Å²) in [6.07, 6.45) is 0.929. The van der Waals surface area contributed by atoms with Gasteiger partial charge in [-0.1, -0.05) is 5.21 Å². The van der Waals surface area contributed by atoms with Crippen molar-refractivity contribution in [2.45, 2.75) is 31.8 Å². The van der Waals surface area contributed by atoms with Crippen molar-refractivity contribution in [3.63, 3.8) is 0 Å². The molecule has 8 heteroatoms. The van der Waals surface area contributed by atoms with Crippen molar-refractivity contribution >= 4 is 11.8 Å². The van der Waals surface area contributed by atoms with Gasteiger partial charge in [0.1, 0.15) is 6.04 Å². The second-order valence-corrected chi connectivity index (χ2v) is 3.66. The number of nitrogens with zero attached hydrogens (tertiary/aromatic N) is 3. The summed E-state index contributed by atoms with van der Waals surface area (Å²) in [5, 5.41) is 18.5. The van der Waals surface area contributed by atoms with E-state index in [1.54, 1.807) is 6.92 Å². The average Bonchev–Trinajstić information content (AvgIpc) is 2.87. The Labute approximate surface area is 91.2 Å². The minimum absolute atomic E-state index is 0.0904. The summed E-state index contributed by atoms with van der Waals surface area (Å²) < 4.78 is 0. The molecule has 8 nitrogen and oxygen atoms in total. The first-order valence-corrected chi connectivity index (χ1v) is 5.00. The van der Waals surface area contributed by atoms with Crippen LogP contribution in [0.3, 0.4) is 0 Å². The molecule has 16 heavy (non-hydrogen) atoms. The standard InChI is InChI=1S/C8H12N6O2/c1-4(7-11-13-14-12-7)9-8(16)5-2-3-6(15)10-5/h4-5H,2-3H2,1H3,(H,9,16)(H,10,15)(H,11,12,13,14)/t4?,5-/m1/s1. The van der Waals surface area contributed by atoms with Crippen molar-refractivity contribution in [1.29, 1.82) is 0 Å². The fourth-order valence-electron chi connectivity index (χ4n) is 1.54. The van der Waals surface area contributed by atoms with Crippen LogP contribution in [0.4, 0.5) is 0 Å². The summed E-state index contributed by atoms with van der Waals surface area (Å²) in [5.41, 5.74) is 0. The first-order valence-electron chi connectivity index (χ1n) is 5.00. The number of rotatable bonds is 3. The maximum atomic E-state index is 11.7. The molecule has 0 aromatic carbocycles. The molecule has 1 aliphatic rings. The highest BCUT2D eigenvalue weighted by atomic mass is 16.2. The molecule has 0 saturated carbocycles. The molecule has 0 aliphatic carbocycles. The maximum Gasteiger partial charge on any atom is 0.243 e. The van der Waals surface area contributed by atoms with Crippen LogP contribution in [0.1, 0.15) is 31.6 Å². The molecule has 0 spiro atoms. The summed E-state index contributed by atoms with van der Waals surface area (Å²) in [6, 6.07) is -0.773. The lowest BCUT2D eigenvalue weighted by atomic mass is 10.2. The van der Waals surface area contributed by atoms with Crippen LogP contribution >= 0.6 is 0 Å². The Morgan fingerprint density at radius 2 is 2.44 bits per heavy atom. The van der Waals surface area contributed by atoms with E-state index in [1.807, 2.05) is 0 Å². The van der Waals surface area contributed by atoms with Crippen LogP contribution in [0.5, 0.6) is 0 Å². The summed E-state index contributed by atoms with van der Waals surface area (Å²) >= 11 is 0. The average molecular weight is 224 g/mol. The maximum absolute atomic E-state index is 11.7. The first kappa shape index (κ1) is 10.5. The second kappa shape index (κ2) is 4.25. The quantitative estimate of drug-likeness (QED) is 0.588. The van der Waals surface area contributed by atoms with E-state index in [4.69, 9.17) is 0 Å². The normalized spacial score (nSPS) is 21.6. The van der Waals surface area contributed by atoms with Crippen LogP contribution in [0.2, 0.25) is 0 Å². The van der Waals surface area contributed by atoms with Gasteiger partial charge in [-0.3, -0.25) is 9.59 Å². The van der Waals surface area contributed by atoms with Crippen LogP contribution in [0.25, 0.3) is 0 Å². The Morgan fingerprint density at radius 1 is 1.62 bits per heavy atom. The van der Waals surface area contributed by atoms with E-state index in [9.17, 15) is 9.59 Å². The number of carbonyl (C=O) groups is 2. The fourth-order valence-corrected chi connectivity index (χ4v) is 1.54. The summed E-state index contributed by atoms with van der Waals surface area (Å²) in [4.78, 5) is 22.6. The highest BCUT2D eigenvalue weighted by molar-refractivity contribution is 5.90. The van der Waals surface area contributed by atoms with Gasteiger partial charge in [0.05, 0.1) is 6.04 Å². The molecule has 0 radical (unpaired) electrons. The SMILES string of the molecule is CC(NC(=O)[C@H]1CCC(=O)N1)c1nn[nH]n1.